The van der Waals surface area contributed by atoms with Crippen molar-refractivity contribution in [2.75, 3.05) is 13.1 Å². The minimum Gasteiger partial charge on any atom is -0.370 e. The Morgan fingerprint density at radius 1 is 1.24 bits per heavy atom. The van der Waals surface area contributed by atoms with Crippen LogP contribution in [-0.2, 0) is 6.42 Å². The van der Waals surface area contributed by atoms with Gasteiger partial charge >= 0.3 is 0 Å². The quantitative estimate of drug-likeness (QED) is 0.482. The summed E-state index contributed by atoms with van der Waals surface area (Å²) >= 11 is 0. The van der Waals surface area contributed by atoms with Crippen LogP contribution >= 0.6 is 24.0 Å². The van der Waals surface area contributed by atoms with Gasteiger partial charge in [0.15, 0.2) is 5.96 Å². The molecule has 0 radical (unpaired) electrons. The van der Waals surface area contributed by atoms with Gasteiger partial charge in [-0.3, -0.25) is 0 Å². The molecule has 1 aliphatic carbocycles. The SMILES string of the molecule is CC1CCN(C(N)=NC2CC2Cc2ccccc2)CC1.I. The summed E-state index contributed by atoms with van der Waals surface area (Å²) < 4.78 is 0. The Balaban J connectivity index is 0.00000161. The van der Waals surface area contributed by atoms with Crippen LogP contribution < -0.4 is 5.73 Å². The summed E-state index contributed by atoms with van der Waals surface area (Å²) in [6, 6.07) is 11.2. The summed E-state index contributed by atoms with van der Waals surface area (Å²) in [5.41, 5.74) is 7.58. The van der Waals surface area contributed by atoms with Gasteiger partial charge in [0, 0.05) is 13.1 Å². The first kappa shape index (κ1) is 16.6. The highest BCUT2D eigenvalue weighted by Crippen LogP contribution is 2.37. The molecule has 1 saturated carbocycles. The van der Waals surface area contributed by atoms with Crippen LogP contribution in [0.4, 0.5) is 0 Å². The van der Waals surface area contributed by atoms with Crippen LogP contribution in [0.15, 0.2) is 35.3 Å². The zero-order valence-electron chi connectivity index (χ0n) is 12.7. The summed E-state index contributed by atoms with van der Waals surface area (Å²) in [7, 11) is 0. The first-order chi connectivity index (χ1) is 9.72. The molecule has 1 saturated heterocycles. The number of nitrogens with two attached hydrogens (primary N) is 1. The minimum atomic E-state index is 0. The van der Waals surface area contributed by atoms with Crippen molar-refractivity contribution in [2.45, 2.75) is 38.6 Å². The first-order valence-corrected chi connectivity index (χ1v) is 7.84. The highest BCUT2D eigenvalue weighted by molar-refractivity contribution is 14.0. The molecule has 2 unspecified atom stereocenters. The number of benzene rings is 1. The predicted octanol–water partition coefficient (Wildman–Crippen LogP) is 3.28. The van der Waals surface area contributed by atoms with E-state index in [-0.39, 0.29) is 24.0 Å². The van der Waals surface area contributed by atoms with Gasteiger partial charge in [0.2, 0.25) is 0 Å². The molecule has 0 bridgehead atoms. The fourth-order valence-electron chi connectivity index (χ4n) is 3.02. The number of hydrogen-bond donors (Lipinski definition) is 1. The van der Waals surface area contributed by atoms with E-state index in [9.17, 15) is 0 Å². The van der Waals surface area contributed by atoms with Gasteiger partial charge < -0.3 is 10.6 Å². The third kappa shape index (κ3) is 4.59. The van der Waals surface area contributed by atoms with Crippen LogP contribution in [0.2, 0.25) is 0 Å². The van der Waals surface area contributed by atoms with Gasteiger partial charge in [0.05, 0.1) is 6.04 Å². The van der Waals surface area contributed by atoms with E-state index < -0.39 is 0 Å². The van der Waals surface area contributed by atoms with Crippen LogP contribution in [0, 0.1) is 11.8 Å². The average Bonchev–Trinajstić information content (AvgIpc) is 3.18. The van der Waals surface area contributed by atoms with Crippen molar-refractivity contribution in [2.24, 2.45) is 22.6 Å². The van der Waals surface area contributed by atoms with E-state index in [0.29, 0.717) is 12.0 Å². The molecule has 2 N–H and O–H groups in total. The van der Waals surface area contributed by atoms with Crippen molar-refractivity contribution in [3.63, 3.8) is 0 Å². The number of likely N-dealkylation sites (tertiary alicyclic amines) is 1. The molecule has 2 atom stereocenters. The number of nitrogens with zero attached hydrogens (tertiary/aromatic N) is 2. The van der Waals surface area contributed by atoms with Crippen molar-refractivity contribution in [1.82, 2.24) is 4.90 Å². The number of aliphatic imine (C=N–C) groups is 1. The third-order valence-corrected chi connectivity index (χ3v) is 4.63. The lowest BCUT2D eigenvalue weighted by Crippen LogP contribution is -2.42. The number of rotatable bonds is 3. The number of halogens is 1. The first-order valence-electron chi connectivity index (χ1n) is 7.84. The van der Waals surface area contributed by atoms with Gasteiger partial charge in [0.25, 0.3) is 0 Å². The van der Waals surface area contributed by atoms with E-state index in [0.717, 1.165) is 31.4 Å². The van der Waals surface area contributed by atoms with Crippen LogP contribution in [0.5, 0.6) is 0 Å². The Morgan fingerprint density at radius 2 is 1.90 bits per heavy atom. The summed E-state index contributed by atoms with van der Waals surface area (Å²) in [6.45, 7) is 4.47. The van der Waals surface area contributed by atoms with Crippen molar-refractivity contribution >= 4 is 29.9 Å². The average molecular weight is 399 g/mol. The Bertz CT molecular complexity index is 466. The molecule has 1 heterocycles. The maximum atomic E-state index is 6.17. The van der Waals surface area contributed by atoms with Gasteiger partial charge in [-0.2, -0.15) is 0 Å². The second-order valence-corrected chi connectivity index (χ2v) is 6.41. The third-order valence-electron chi connectivity index (χ3n) is 4.63. The second kappa shape index (κ2) is 7.47. The molecule has 2 aliphatic rings. The van der Waals surface area contributed by atoms with E-state index >= 15 is 0 Å². The van der Waals surface area contributed by atoms with Crippen LogP contribution in [-0.4, -0.2) is 30.0 Å². The molecular weight excluding hydrogens is 373 g/mol. The highest BCUT2D eigenvalue weighted by Gasteiger charge is 2.37. The van der Waals surface area contributed by atoms with Crippen LogP contribution in [0.1, 0.15) is 31.7 Å². The number of guanidine groups is 1. The minimum absolute atomic E-state index is 0. The van der Waals surface area contributed by atoms with Crippen molar-refractivity contribution in [3.05, 3.63) is 35.9 Å². The zero-order valence-corrected chi connectivity index (χ0v) is 15.1. The lowest BCUT2D eigenvalue weighted by Gasteiger charge is -2.31. The second-order valence-electron chi connectivity index (χ2n) is 6.41. The smallest absolute Gasteiger partial charge is 0.191 e. The van der Waals surface area contributed by atoms with Gasteiger partial charge in [0.1, 0.15) is 0 Å². The van der Waals surface area contributed by atoms with Gasteiger partial charge in [-0.05, 0) is 43.1 Å². The number of hydrogen-bond acceptors (Lipinski definition) is 1. The molecule has 3 nitrogen and oxygen atoms in total. The summed E-state index contributed by atoms with van der Waals surface area (Å²) in [5, 5.41) is 0. The molecule has 0 amide bonds. The highest BCUT2D eigenvalue weighted by atomic mass is 127. The molecular formula is C17H26IN3. The van der Waals surface area contributed by atoms with Crippen LogP contribution in [0.3, 0.4) is 0 Å². The molecule has 21 heavy (non-hydrogen) atoms. The van der Waals surface area contributed by atoms with Gasteiger partial charge in [-0.1, -0.05) is 37.3 Å². The topological polar surface area (TPSA) is 41.6 Å². The summed E-state index contributed by atoms with van der Waals surface area (Å²) in [6.07, 6.45) is 4.82. The fraction of sp³-hybridized carbons (Fsp3) is 0.588. The van der Waals surface area contributed by atoms with Gasteiger partial charge in [-0.25, -0.2) is 4.99 Å². The van der Waals surface area contributed by atoms with E-state index in [1.54, 1.807) is 0 Å². The monoisotopic (exact) mass is 399 g/mol. The van der Waals surface area contributed by atoms with E-state index in [1.807, 2.05) is 0 Å². The molecule has 2 fully saturated rings. The molecule has 4 heteroatoms. The van der Waals surface area contributed by atoms with E-state index in [1.165, 1.54) is 24.8 Å². The van der Waals surface area contributed by atoms with Crippen molar-refractivity contribution < 1.29 is 0 Å². The largest absolute Gasteiger partial charge is 0.370 e. The fourth-order valence-corrected chi connectivity index (χ4v) is 3.02. The molecule has 0 spiro atoms. The predicted molar refractivity (Wildman–Crippen MR) is 99.0 cm³/mol. The molecule has 3 rings (SSSR count). The number of piperidine rings is 1. The maximum absolute atomic E-state index is 6.17. The Morgan fingerprint density at radius 3 is 2.57 bits per heavy atom. The summed E-state index contributed by atoms with van der Waals surface area (Å²) in [5.74, 6) is 2.31. The van der Waals surface area contributed by atoms with E-state index in [2.05, 4.69) is 42.2 Å². The normalized spacial score (nSPS) is 26.3. The Kier molecular flexibility index (Phi) is 5.90. The molecule has 116 valence electrons. The van der Waals surface area contributed by atoms with Crippen molar-refractivity contribution in [3.8, 4) is 0 Å². The van der Waals surface area contributed by atoms with Crippen molar-refractivity contribution in [1.29, 1.82) is 0 Å². The molecule has 1 aromatic carbocycles. The van der Waals surface area contributed by atoms with Gasteiger partial charge in [-0.15, -0.1) is 24.0 Å². The van der Waals surface area contributed by atoms with Crippen LogP contribution in [0.25, 0.3) is 0 Å². The molecule has 1 aromatic rings. The Hall–Kier alpha value is -0.780. The standard InChI is InChI=1S/C17H25N3.HI/c1-13-7-9-20(10-8-13)17(18)19-16-12-15(16)11-14-5-3-2-4-6-14;/h2-6,13,15-16H,7-12H2,1H3,(H2,18,19);1H. The lowest BCUT2D eigenvalue weighted by molar-refractivity contribution is 0.277. The zero-order chi connectivity index (χ0) is 13.9. The lowest BCUT2D eigenvalue weighted by atomic mass is 10.00. The van der Waals surface area contributed by atoms with E-state index in [4.69, 9.17) is 10.7 Å². The maximum Gasteiger partial charge on any atom is 0.191 e. The Labute approximate surface area is 145 Å². The summed E-state index contributed by atoms with van der Waals surface area (Å²) in [4.78, 5) is 7.00. The molecule has 1 aliphatic heterocycles. The molecule has 0 aromatic heterocycles.